The Bertz CT molecular complexity index is 1220. The fourth-order valence-corrected chi connectivity index (χ4v) is 3.53. The van der Waals surface area contributed by atoms with Gasteiger partial charge in [0, 0.05) is 5.69 Å². The maximum Gasteiger partial charge on any atom is 0.344 e. The first-order chi connectivity index (χ1) is 13.9. The Morgan fingerprint density at radius 2 is 1.72 bits per heavy atom. The number of carbonyl (C=O) groups is 1. The van der Waals surface area contributed by atoms with E-state index in [9.17, 15) is 4.79 Å². The van der Waals surface area contributed by atoms with Gasteiger partial charge in [-0.1, -0.05) is 25.1 Å². The zero-order chi connectivity index (χ0) is 20.7. The third-order valence-corrected chi connectivity index (χ3v) is 5.05. The molecule has 6 heteroatoms. The Hall–Kier alpha value is -3.41. The lowest BCUT2D eigenvalue weighted by atomic mass is 10.1. The normalized spacial score (nSPS) is 12.4. The molecule has 0 amide bonds. The van der Waals surface area contributed by atoms with Crippen molar-refractivity contribution < 1.29 is 9.53 Å². The summed E-state index contributed by atoms with van der Waals surface area (Å²) in [5, 5.41) is 0. The standard InChI is InChI=1S/C23H24N4O2/c1-5-15(4)29-23(28)19-20-22(26-18-9-7-6-8-17(18)25-20)27(21(19)24)16-11-13(2)10-14(3)12-16/h6-12,15H,5,24H2,1-4H3. The molecule has 0 radical (unpaired) electrons. The lowest BCUT2D eigenvalue weighted by Crippen LogP contribution is -2.15. The van der Waals surface area contributed by atoms with E-state index in [1.54, 1.807) is 4.57 Å². The summed E-state index contributed by atoms with van der Waals surface area (Å²) in [7, 11) is 0. The number of anilines is 1. The van der Waals surface area contributed by atoms with Crippen molar-refractivity contribution in [2.75, 3.05) is 5.73 Å². The van der Waals surface area contributed by atoms with Crippen LogP contribution in [0.4, 0.5) is 5.82 Å². The van der Waals surface area contributed by atoms with Gasteiger partial charge in [-0.05, 0) is 62.6 Å². The Kier molecular flexibility index (Phi) is 4.70. The molecule has 2 N–H and O–H groups in total. The quantitative estimate of drug-likeness (QED) is 0.511. The zero-order valence-corrected chi connectivity index (χ0v) is 17.1. The van der Waals surface area contributed by atoms with Gasteiger partial charge in [0.25, 0.3) is 0 Å². The molecule has 0 bridgehead atoms. The Morgan fingerprint density at radius 3 is 2.34 bits per heavy atom. The molecule has 0 aliphatic rings. The molecule has 0 saturated heterocycles. The monoisotopic (exact) mass is 388 g/mol. The first-order valence-corrected chi connectivity index (χ1v) is 9.75. The maximum absolute atomic E-state index is 13.0. The molecule has 6 nitrogen and oxygen atoms in total. The van der Waals surface area contributed by atoms with Crippen LogP contribution in [-0.2, 0) is 4.74 Å². The molecule has 0 aliphatic heterocycles. The van der Waals surface area contributed by atoms with E-state index in [0.717, 1.165) is 28.8 Å². The molecular formula is C23H24N4O2. The first kappa shape index (κ1) is 18.9. The van der Waals surface area contributed by atoms with Crippen molar-refractivity contribution in [2.24, 2.45) is 0 Å². The third-order valence-electron chi connectivity index (χ3n) is 5.05. The van der Waals surface area contributed by atoms with Crippen LogP contribution in [0.3, 0.4) is 0 Å². The SMILES string of the molecule is CCC(C)OC(=O)c1c(N)n(-c2cc(C)cc(C)c2)c2nc3ccccc3nc12. The maximum atomic E-state index is 13.0. The predicted octanol–water partition coefficient (Wildman–Crippen LogP) is 4.73. The molecule has 2 aromatic carbocycles. The van der Waals surface area contributed by atoms with Gasteiger partial charge in [0.15, 0.2) is 5.65 Å². The van der Waals surface area contributed by atoms with E-state index in [4.69, 9.17) is 20.4 Å². The van der Waals surface area contributed by atoms with Crippen molar-refractivity contribution in [1.82, 2.24) is 14.5 Å². The van der Waals surface area contributed by atoms with Crippen molar-refractivity contribution in [3.8, 4) is 5.69 Å². The number of nitrogen functional groups attached to an aromatic ring is 1. The van der Waals surface area contributed by atoms with Crippen molar-refractivity contribution >= 4 is 34.0 Å². The van der Waals surface area contributed by atoms with E-state index in [2.05, 4.69) is 6.07 Å². The van der Waals surface area contributed by atoms with E-state index < -0.39 is 5.97 Å². The Morgan fingerprint density at radius 1 is 1.10 bits per heavy atom. The number of aryl methyl sites for hydroxylation is 2. The molecule has 2 aromatic heterocycles. The molecule has 4 rings (SSSR count). The number of aromatic nitrogens is 3. The summed E-state index contributed by atoms with van der Waals surface area (Å²) in [5.74, 6) is -0.192. The molecule has 1 unspecified atom stereocenters. The smallest absolute Gasteiger partial charge is 0.344 e. The summed E-state index contributed by atoms with van der Waals surface area (Å²) < 4.78 is 7.38. The molecule has 0 saturated carbocycles. The van der Waals surface area contributed by atoms with Crippen molar-refractivity contribution in [1.29, 1.82) is 0 Å². The average molecular weight is 388 g/mol. The Balaban J connectivity index is 2.05. The van der Waals surface area contributed by atoms with Crippen LogP contribution in [0.5, 0.6) is 0 Å². The first-order valence-electron chi connectivity index (χ1n) is 9.75. The Labute approximate surface area is 169 Å². The van der Waals surface area contributed by atoms with E-state index in [0.29, 0.717) is 16.7 Å². The summed E-state index contributed by atoms with van der Waals surface area (Å²) in [4.78, 5) is 22.5. The van der Waals surface area contributed by atoms with Crippen LogP contribution in [0.15, 0.2) is 42.5 Å². The topological polar surface area (TPSA) is 83.0 Å². The number of benzene rings is 2. The molecular weight excluding hydrogens is 364 g/mol. The fraction of sp³-hybridized carbons (Fsp3) is 0.261. The van der Waals surface area contributed by atoms with E-state index in [-0.39, 0.29) is 17.5 Å². The van der Waals surface area contributed by atoms with Gasteiger partial charge in [-0.3, -0.25) is 4.57 Å². The molecule has 0 aliphatic carbocycles. The summed E-state index contributed by atoms with van der Waals surface area (Å²) in [6.45, 7) is 7.88. The second-order valence-electron chi connectivity index (χ2n) is 7.45. The number of nitrogens with zero attached hydrogens (tertiary/aromatic N) is 3. The highest BCUT2D eigenvalue weighted by atomic mass is 16.5. The summed E-state index contributed by atoms with van der Waals surface area (Å²) >= 11 is 0. The van der Waals surface area contributed by atoms with Crippen LogP contribution in [0.1, 0.15) is 41.8 Å². The van der Waals surface area contributed by atoms with E-state index in [1.165, 1.54) is 0 Å². The summed E-state index contributed by atoms with van der Waals surface area (Å²) in [6.07, 6.45) is 0.505. The number of nitrogens with two attached hydrogens (primary N) is 1. The number of ether oxygens (including phenoxy) is 1. The van der Waals surface area contributed by atoms with Gasteiger partial charge in [-0.25, -0.2) is 14.8 Å². The van der Waals surface area contributed by atoms with Crippen molar-refractivity contribution in [3.63, 3.8) is 0 Å². The van der Waals surface area contributed by atoms with E-state index >= 15 is 0 Å². The number of rotatable bonds is 4. The van der Waals surface area contributed by atoms with Crippen LogP contribution < -0.4 is 5.73 Å². The van der Waals surface area contributed by atoms with Crippen molar-refractivity contribution in [3.05, 3.63) is 59.2 Å². The van der Waals surface area contributed by atoms with Crippen LogP contribution in [0.25, 0.3) is 27.9 Å². The van der Waals surface area contributed by atoms with Crippen molar-refractivity contribution in [2.45, 2.75) is 40.2 Å². The van der Waals surface area contributed by atoms with Crippen LogP contribution in [0.2, 0.25) is 0 Å². The van der Waals surface area contributed by atoms with E-state index in [1.807, 2.05) is 64.1 Å². The average Bonchev–Trinajstić information content (AvgIpc) is 2.96. The number of carbonyl (C=O) groups excluding carboxylic acids is 1. The second kappa shape index (κ2) is 7.20. The van der Waals surface area contributed by atoms with Crippen LogP contribution >= 0.6 is 0 Å². The number of hydrogen-bond donors (Lipinski definition) is 1. The highest BCUT2D eigenvalue weighted by Crippen LogP contribution is 2.32. The molecule has 2 heterocycles. The summed E-state index contributed by atoms with van der Waals surface area (Å²) in [5.41, 5.74) is 12.3. The molecule has 1 atom stereocenters. The minimum Gasteiger partial charge on any atom is -0.459 e. The fourth-order valence-electron chi connectivity index (χ4n) is 3.53. The van der Waals surface area contributed by atoms with Gasteiger partial charge in [-0.2, -0.15) is 0 Å². The lowest BCUT2D eigenvalue weighted by Gasteiger charge is -2.12. The largest absolute Gasteiger partial charge is 0.459 e. The lowest BCUT2D eigenvalue weighted by molar-refractivity contribution is 0.0338. The minimum absolute atomic E-state index is 0.213. The number of esters is 1. The predicted molar refractivity (Wildman–Crippen MR) is 115 cm³/mol. The van der Waals surface area contributed by atoms with Gasteiger partial charge in [-0.15, -0.1) is 0 Å². The molecule has 4 aromatic rings. The molecule has 0 spiro atoms. The van der Waals surface area contributed by atoms with Gasteiger partial charge >= 0.3 is 5.97 Å². The van der Waals surface area contributed by atoms with Gasteiger partial charge in [0.1, 0.15) is 16.9 Å². The number of fused-ring (bicyclic) bond motifs is 2. The second-order valence-corrected chi connectivity index (χ2v) is 7.45. The van der Waals surface area contributed by atoms with Gasteiger partial charge < -0.3 is 10.5 Å². The van der Waals surface area contributed by atoms with Crippen LogP contribution in [0, 0.1) is 13.8 Å². The molecule has 0 fully saturated rings. The number of hydrogen-bond acceptors (Lipinski definition) is 5. The van der Waals surface area contributed by atoms with Gasteiger partial charge in [0.05, 0.1) is 17.1 Å². The van der Waals surface area contributed by atoms with Crippen LogP contribution in [-0.4, -0.2) is 26.6 Å². The number of para-hydroxylation sites is 2. The van der Waals surface area contributed by atoms with Gasteiger partial charge in [0.2, 0.25) is 0 Å². The minimum atomic E-state index is -0.477. The molecule has 29 heavy (non-hydrogen) atoms. The highest BCUT2D eigenvalue weighted by Gasteiger charge is 2.26. The summed E-state index contributed by atoms with van der Waals surface area (Å²) in [6, 6.07) is 13.7. The molecule has 148 valence electrons. The highest BCUT2D eigenvalue weighted by molar-refractivity contribution is 6.09. The zero-order valence-electron chi connectivity index (χ0n) is 17.1. The third kappa shape index (κ3) is 3.31.